The first-order valence-electron chi connectivity index (χ1n) is 6.46. The number of para-hydroxylation sites is 2. The number of amides is 1. The predicted molar refractivity (Wildman–Crippen MR) is 78.7 cm³/mol. The topological polar surface area (TPSA) is 51.5 Å². The zero-order valence-corrected chi connectivity index (χ0v) is 11.6. The van der Waals surface area contributed by atoms with Crippen molar-refractivity contribution >= 4 is 17.7 Å². The average Bonchev–Trinajstić information content (AvgIpc) is 2.85. The van der Waals surface area contributed by atoms with Crippen LogP contribution in [-0.4, -0.2) is 12.5 Å². The number of carbonyl (C=O) groups is 1. The van der Waals surface area contributed by atoms with Crippen molar-refractivity contribution in [3.8, 4) is 5.75 Å². The Balaban J connectivity index is 2.03. The van der Waals surface area contributed by atoms with Gasteiger partial charge >= 0.3 is 0 Å². The first-order valence-corrected chi connectivity index (χ1v) is 6.46. The molecule has 1 amide bonds. The Bertz CT molecular complexity index is 614. The summed E-state index contributed by atoms with van der Waals surface area (Å²) < 4.78 is 10.8. The number of aryl methyl sites for hydroxylation is 1. The van der Waals surface area contributed by atoms with Crippen molar-refractivity contribution in [3.05, 3.63) is 54.0 Å². The third kappa shape index (κ3) is 3.75. The van der Waals surface area contributed by atoms with E-state index in [-0.39, 0.29) is 5.91 Å². The first kappa shape index (κ1) is 13.9. The Morgan fingerprint density at radius 3 is 2.80 bits per heavy atom. The highest BCUT2D eigenvalue weighted by Crippen LogP contribution is 2.23. The smallest absolute Gasteiger partial charge is 0.248 e. The van der Waals surface area contributed by atoms with Gasteiger partial charge in [0.2, 0.25) is 5.91 Å². The lowest BCUT2D eigenvalue weighted by Gasteiger charge is -2.09. The average molecular weight is 271 g/mol. The van der Waals surface area contributed by atoms with Crippen molar-refractivity contribution in [1.29, 1.82) is 0 Å². The molecule has 2 rings (SSSR count). The van der Waals surface area contributed by atoms with E-state index in [1.807, 2.05) is 44.2 Å². The molecule has 4 heteroatoms. The van der Waals surface area contributed by atoms with Crippen molar-refractivity contribution in [1.82, 2.24) is 0 Å². The molecular formula is C16H17NO3. The van der Waals surface area contributed by atoms with Crippen molar-refractivity contribution in [3.63, 3.8) is 0 Å². The molecule has 1 aromatic carbocycles. The van der Waals surface area contributed by atoms with E-state index in [4.69, 9.17) is 9.15 Å². The number of benzene rings is 1. The molecule has 0 saturated carbocycles. The lowest BCUT2D eigenvalue weighted by atomic mass is 10.3. The zero-order valence-electron chi connectivity index (χ0n) is 11.6. The van der Waals surface area contributed by atoms with Gasteiger partial charge in [0.15, 0.2) is 0 Å². The number of furan rings is 1. The van der Waals surface area contributed by atoms with E-state index >= 15 is 0 Å². The number of hydrogen-bond acceptors (Lipinski definition) is 3. The van der Waals surface area contributed by atoms with Crippen LogP contribution in [0.3, 0.4) is 0 Å². The van der Waals surface area contributed by atoms with Crippen molar-refractivity contribution < 1.29 is 13.9 Å². The third-order valence-electron chi connectivity index (χ3n) is 2.60. The molecule has 0 spiro atoms. The van der Waals surface area contributed by atoms with Gasteiger partial charge in [-0.25, -0.2) is 0 Å². The summed E-state index contributed by atoms with van der Waals surface area (Å²) >= 11 is 0. The Morgan fingerprint density at radius 2 is 2.10 bits per heavy atom. The zero-order chi connectivity index (χ0) is 14.4. The molecule has 0 radical (unpaired) electrons. The molecular weight excluding hydrogens is 254 g/mol. The summed E-state index contributed by atoms with van der Waals surface area (Å²) in [7, 11) is 0. The standard InChI is InChI=1S/C16H17NO3/c1-3-19-15-7-5-4-6-14(15)17-16(18)11-10-13-9-8-12(2)20-13/h4-11H,3H2,1-2H3,(H,17,18)/b11-10-. The predicted octanol–water partition coefficient (Wildman–Crippen LogP) is 3.64. The van der Waals surface area contributed by atoms with Gasteiger partial charge in [-0.3, -0.25) is 4.79 Å². The second-order valence-corrected chi connectivity index (χ2v) is 4.20. The fourth-order valence-corrected chi connectivity index (χ4v) is 1.73. The molecule has 4 nitrogen and oxygen atoms in total. The normalized spacial score (nSPS) is 10.7. The highest BCUT2D eigenvalue weighted by molar-refractivity contribution is 6.02. The molecule has 1 heterocycles. The SMILES string of the molecule is CCOc1ccccc1NC(=O)/C=C\c1ccc(C)o1. The molecule has 1 aromatic heterocycles. The van der Waals surface area contributed by atoms with Crippen molar-refractivity contribution in [2.75, 3.05) is 11.9 Å². The summed E-state index contributed by atoms with van der Waals surface area (Å²) in [6, 6.07) is 11.0. The van der Waals surface area contributed by atoms with Crippen molar-refractivity contribution in [2.24, 2.45) is 0 Å². The van der Waals surface area contributed by atoms with Gasteiger partial charge < -0.3 is 14.5 Å². The number of rotatable bonds is 5. The lowest BCUT2D eigenvalue weighted by molar-refractivity contribution is -0.111. The first-order chi connectivity index (χ1) is 9.69. The summed E-state index contributed by atoms with van der Waals surface area (Å²) in [5, 5.41) is 2.78. The van der Waals surface area contributed by atoms with Crippen LogP contribution >= 0.6 is 0 Å². The summed E-state index contributed by atoms with van der Waals surface area (Å²) in [6.07, 6.45) is 3.06. The Kier molecular flexibility index (Phi) is 4.60. The highest BCUT2D eigenvalue weighted by Gasteiger charge is 2.04. The van der Waals surface area contributed by atoms with Gasteiger partial charge in [-0.1, -0.05) is 12.1 Å². The minimum atomic E-state index is -0.230. The van der Waals surface area contributed by atoms with Crippen LogP contribution in [-0.2, 0) is 4.79 Å². The van der Waals surface area contributed by atoms with E-state index in [2.05, 4.69) is 5.32 Å². The van der Waals surface area contributed by atoms with Gasteiger partial charge in [0.1, 0.15) is 17.3 Å². The Hall–Kier alpha value is -2.49. The van der Waals surface area contributed by atoms with Crippen LogP contribution < -0.4 is 10.1 Å². The van der Waals surface area contributed by atoms with E-state index in [1.54, 1.807) is 12.1 Å². The van der Waals surface area contributed by atoms with Crippen LogP contribution in [0.15, 0.2) is 46.9 Å². The largest absolute Gasteiger partial charge is 0.492 e. The molecule has 0 bridgehead atoms. The van der Waals surface area contributed by atoms with Gasteiger partial charge in [0, 0.05) is 6.08 Å². The molecule has 0 aliphatic carbocycles. The van der Waals surface area contributed by atoms with E-state index in [0.717, 1.165) is 5.76 Å². The second-order valence-electron chi connectivity index (χ2n) is 4.20. The summed E-state index contributed by atoms with van der Waals surface area (Å²) in [5.74, 6) is 1.89. The van der Waals surface area contributed by atoms with Crippen LogP contribution in [0.4, 0.5) is 5.69 Å². The highest BCUT2D eigenvalue weighted by atomic mass is 16.5. The number of anilines is 1. The third-order valence-corrected chi connectivity index (χ3v) is 2.60. The molecule has 0 saturated heterocycles. The monoisotopic (exact) mass is 271 g/mol. The van der Waals surface area contributed by atoms with Gasteiger partial charge in [0.05, 0.1) is 12.3 Å². The van der Waals surface area contributed by atoms with Crippen LogP contribution in [0.25, 0.3) is 6.08 Å². The maximum Gasteiger partial charge on any atom is 0.248 e. The van der Waals surface area contributed by atoms with Gasteiger partial charge in [-0.05, 0) is 44.2 Å². The van der Waals surface area contributed by atoms with Crippen molar-refractivity contribution in [2.45, 2.75) is 13.8 Å². The number of hydrogen-bond donors (Lipinski definition) is 1. The lowest BCUT2D eigenvalue weighted by Crippen LogP contribution is -2.09. The molecule has 0 unspecified atom stereocenters. The maximum absolute atomic E-state index is 11.9. The quantitative estimate of drug-likeness (QED) is 0.845. The summed E-state index contributed by atoms with van der Waals surface area (Å²) in [4.78, 5) is 11.9. The Labute approximate surface area is 118 Å². The fraction of sp³-hybridized carbons (Fsp3) is 0.188. The molecule has 0 aliphatic heterocycles. The number of nitrogens with one attached hydrogen (secondary N) is 1. The maximum atomic E-state index is 11.9. The molecule has 0 fully saturated rings. The molecule has 2 aromatic rings. The van der Waals surface area contributed by atoms with E-state index < -0.39 is 0 Å². The van der Waals surface area contributed by atoms with E-state index in [0.29, 0.717) is 23.8 Å². The summed E-state index contributed by atoms with van der Waals surface area (Å²) in [5.41, 5.74) is 0.652. The molecule has 104 valence electrons. The van der Waals surface area contributed by atoms with E-state index in [9.17, 15) is 4.79 Å². The van der Waals surface area contributed by atoms with Gasteiger partial charge in [0.25, 0.3) is 0 Å². The minimum Gasteiger partial charge on any atom is -0.492 e. The molecule has 0 aliphatic rings. The summed E-state index contributed by atoms with van der Waals surface area (Å²) in [6.45, 7) is 4.31. The molecule has 20 heavy (non-hydrogen) atoms. The van der Waals surface area contributed by atoms with Crippen LogP contribution in [0.2, 0.25) is 0 Å². The minimum absolute atomic E-state index is 0.230. The molecule has 1 N–H and O–H groups in total. The number of ether oxygens (including phenoxy) is 1. The van der Waals surface area contributed by atoms with Crippen LogP contribution in [0.5, 0.6) is 5.75 Å². The van der Waals surface area contributed by atoms with Crippen LogP contribution in [0.1, 0.15) is 18.4 Å². The number of carbonyl (C=O) groups excluding carboxylic acids is 1. The molecule has 0 atom stereocenters. The Morgan fingerprint density at radius 1 is 1.30 bits per heavy atom. The fourth-order valence-electron chi connectivity index (χ4n) is 1.73. The van der Waals surface area contributed by atoms with Gasteiger partial charge in [-0.2, -0.15) is 0 Å². The van der Waals surface area contributed by atoms with E-state index in [1.165, 1.54) is 6.08 Å². The van der Waals surface area contributed by atoms with Crippen LogP contribution in [0, 0.1) is 6.92 Å². The van der Waals surface area contributed by atoms with Gasteiger partial charge in [-0.15, -0.1) is 0 Å². The second kappa shape index (κ2) is 6.61.